The number of methoxy groups -OCH3 is 1. The quantitative estimate of drug-likeness (QED) is 0.751. The van der Waals surface area contributed by atoms with Gasteiger partial charge in [0.15, 0.2) is 0 Å². The predicted molar refractivity (Wildman–Crippen MR) is 47.9 cm³/mol. The van der Waals surface area contributed by atoms with Crippen LogP contribution < -0.4 is 5.73 Å². The third kappa shape index (κ3) is 2.02. The van der Waals surface area contributed by atoms with Crippen LogP contribution in [0.4, 0.5) is 0 Å². The molecule has 1 aromatic rings. The monoisotopic (exact) mass is 171 g/mol. The van der Waals surface area contributed by atoms with Crippen molar-refractivity contribution in [3.8, 4) is 0 Å². The van der Waals surface area contributed by atoms with Crippen molar-refractivity contribution < 1.29 is 4.74 Å². The Labute approximate surface area is 71.0 Å². The number of hydrogen-bond donors (Lipinski definition) is 1. The Morgan fingerprint density at radius 1 is 1.73 bits per heavy atom. The summed E-state index contributed by atoms with van der Waals surface area (Å²) in [6.07, 6.45) is 0. The van der Waals surface area contributed by atoms with Crippen molar-refractivity contribution >= 4 is 11.3 Å². The first-order chi connectivity index (χ1) is 5.25. The minimum atomic E-state index is 0.0417. The van der Waals surface area contributed by atoms with Crippen molar-refractivity contribution in [3.05, 3.63) is 21.9 Å². The Hall–Kier alpha value is -0.380. The van der Waals surface area contributed by atoms with Crippen LogP contribution in [0, 0.1) is 6.92 Å². The van der Waals surface area contributed by atoms with Crippen LogP contribution in [0.3, 0.4) is 0 Å². The van der Waals surface area contributed by atoms with E-state index in [0.717, 1.165) is 0 Å². The van der Waals surface area contributed by atoms with Crippen molar-refractivity contribution in [2.75, 3.05) is 13.7 Å². The van der Waals surface area contributed by atoms with Gasteiger partial charge in [-0.3, -0.25) is 0 Å². The van der Waals surface area contributed by atoms with E-state index in [1.54, 1.807) is 18.4 Å². The summed E-state index contributed by atoms with van der Waals surface area (Å²) in [5.74, 6) is 0. The fourth-order valence-corrected chi connectivity index (χ4v) is 1.94. The van der Waals surface area contributed by atoms with Gasteiger partial charge in [0.2, 0.25) is 0 Å². The molecule has 0 saturated carbocycles. The maximum absolute atomic E-state index is 5.84. The van der Waals surface area contributed by atoms with Gasteiger partial charge >= 0.3 is 0 Å². The first-order valence-electron chi connectivity index (χ1n) is 3.54. The van der Waals surface area contributed by atoms with Crippen LogP contribution in [0.15, 0.2) is 11.4 Å². The topological polar surface area (TPSA) is 35.2 Å². The maximum atomic E-state index is 5.84. The molecule has 1 aromatic heterocycles. The van der Waals surface area contributed by atoms with Crippen LogP contribution in [0.2, 0.25) is 0 Å². The first-order valence-corrected chi connectivity index (χ1v) is 4.42. The fraction of sp³-hybridized carbons (Fsp3) is 0.500. The lowest BCUT2D eigenvalue weighted by molar-refractivity contribution is 0.181. The number of rotatable bonds is 3. The highest BCUT2D eigenvalue weighted by atomic mass is 32.1. The van der Waals surface area contributed by atoms with E-state index in [9.17, 15) is 0 Å². The lowest BCUT2D eigenvalue weighted by Crippen LogP contribution is -2.15. The summed E-state index contributed by atoms with van der Waals surface area (Å²) in [4.78, 5) is 1.23. The average Bonchev–Trinajstić information content (AvgIpc) is 2.36. The molecule has 0 aliphatic carbocycles. The number of ether oxygens (including phenoxy) is 1. The Balaban J connectivity index is 2.67. The minimum absolute atomic E-state index is 0.0417. The van der Waals surface area contributed by atoms with Gasteiger partial charge in [0.05, 0.1) is 12.6 Å². The zero-order valence-electron chi connectivity index (χ0n) is 6.83. The molecule has 1 heterocycles. The number of aryl methyl sites for hydroxylation is 1. The highest BCUT2D eigenvalue weighted by Gasteiger charge is 2.08. The maximum Gasteiger partial charge on any atom is 0.0663 e. The third-order valence-corrected chi connectivity index (χ3v) is 2.74. The molecule has 0 aromatic carbocycles. The molecule has 0 amide bonds. The lowest BCUT2D eigenvalue weighted by Gasteiger charge is -2.08. The van der Waals surface area contributed by atoms with Crippen molar-refractivity contribution in [3.63, 3.8) is 0 Å². The number of nitrogens with two attached hydrogens (primary N) is 1. The van der Waals surface area contributed by atoms with Gasteiger partial charge in [0.25, 0.3) is 0 Å². The Kier molecular flexibility index (Phi) is 3.05. The summed E-state index contributed by atoms with van der Waals surface area (Å²) in [5, 5.41) is 2.06. The molecule has 0 saturated heterocycles. The summed E-state index contributed by atoms with van der Waals surface area (Å²) in [7, 11) is 1.67. The molecule has 0 bridgehead atoms. The van der Waals surface area contributed by atoms with E-state index < -0.39 is 0 Å². The Bertz CT molecular complexity index is 222. The average molecular weight is 171 g/mol. The second-order valence-electron chi connectivity index (χ2n) is 2.53. The summed E-state index contributed by atoms with van der Waals surface area (Å²) >= 11 is 1.69. The van der Waals surface area contributed by atoms with Crippen LogP contribution in [0.1, 0.15) is 16.5 Å². The van der Waals surface area contributed by atoms with Gasteiger partial charge in [-0.15, -0.1) is 11.3 Å². The van der Waals surface area contributed by atoms with Gasteiger partial charge in [-0.05, 0) is 23.9 Å². The summed E-state index contributed by atoms with van der Waals surface area (Å²) in [6.45, 7) is 2.67. The molecule has 0 radical (unpaired) electrons. The van der Waals surface area contributed by atoms with Crippen molar-refractivity contribution in [1.82, 2.24) is 0 Å². The molecular weight excluding hydrogens is 158 g/mol. The van der Waals surface area contributed by atoms with Crippen LogP contribution in [0.25, 0.3) is 0 Å². The van der Waals surface area contributed by atoms with Crippen LogP contribution in [-0.2, 0) is 4.74 Å². The van der Waals surface area contributed by atoms with Crippen molar-refractivity contribution in [2.45, 2.75) is 13.0 Å². The molecule has 2 N–H and O–H groups in total. The lowest BCUT2D eigenvalue weighted by atomic mass is 10.2. The second kappa shape index (κ2) is 3.85. The SMILES string of the molecule is COCC(N)c1sccc1C. The molecule has 0 aliphatic heterocycles. The van der Waals surface area contributed by atoms with Crippen molar-refractivity contribution in [1.29, 1.82) is 0 Å². The van der Waals surface area contributed by atoms with E-state index in [1.807, 2.05) is 0 Å². The van der Waals surface area contributed by atoms with E-state index in [-0.39, 0.29) is 6.04 Å². The van der Waals surface area contributed by atoms with Gasteiger partial charge in [-0.1, -0.05) is 0 Å². The molecular formula is C8H13NOS. The van der Waals surface area contributed by atoms with Crippen LogP contribution >= 0.6 is 11.3 Å². The zero-order chi connectivity index (χ0) is 8.27. The smallest absolute Gasteiger partial charge is 0.0663 e. The van der Waals surface area contributed by atoms with E-state index in [4.69, 9.17) is 10.5 Å². The highest BCUT2D eigenvalue weighted by molar-refractivity contribution is 7.10. The normalized spacial score (nSPS) is 13.4. The van der Waals surface area contributed by atoms with Gasteiger partial charge in [0.1, 0.15) is 0 Å². The van der Waals surface area contributed by atoms with Gasteiger partial charge < -0.3 is 10.5 Å². The van der Waals surface area contributed by atoms with Gasteiger partial charge in [-0.25, -0.2) is 0 Å². The zero-order valence-corrected chi connectivity index (χ0v) is 7.65. The fourth-order valence-electron chi connectivity index (χ4n) is 1.02. The van der Waals surface area contributed by atoms with Crippen LogP contribution in [0.5, 0.6) is 0 Å². The molecule has 0 aliphatic rings. The minimum Gasteiger partial charge on any atom is -0.383 e. The molecule has 3 heteroatoms. The molecule has 11 heavy (non-hydrogen) atoms. The summed E-state index contributed by atoms with van der Waals surface area (Å²) in [5.41, 5.74) is 7.10. The molecule has 0 spiro atoms. The molecule has 62 valence electrons. The molecule has 1 rings (SSSR count). The Morgan fingerprint density at radius 2 is 2.45 bits per heavy atom. The van der Waals surface area contributed by atoms with E-state index in [2.05, 4.69) is 18.4 Å². The second-order valence-corrected chi connectivity index (χ2v) is 3.48. The van der Waals surface area contributed by atoms with E-state index in [1.165, 1.54) is 10.4 Å². The van der Waals surface area contributed by atoms with Gasteiger partial charge in [0, 0.05) is 12.0 Å². The Morgan fingerprint density at radius 3 is 2.91 bits per heavy atom. The molecule has 0 fully saturated rings. The number of thiophene rings is 1. The third-order valence-electron chi connectivity index (χ3n) is 1.58. The molecule has 2 nitrogen and oxygen atoms in total. The predicted octanol–water partition coefficient (Wildman–Crippen LogP) is 1.70. The van der Waals surface area contributed by atoms with E-state index in [0.29, 0.717) is 6.61 Å². The standard InChI is InChI=1S/C8H13NOS/c1-6-3-4-11-8(6)7(9)5-10-2/h3-4,7H,5,9H2,1-2H3. The van der Waals surface area contributed by atoms with E-state index >= 15 is 0 Å². The molecule has 1 unspecified atom stereocenters. The summed E-state index contributed by atoms with van der Waals surface area (Å²) in [6, 6.07) is 2.12. The largest absolute Gasteiger partial charge is 0.383 e. The van der Waals surface area contributed by atoms with Gasteiger partial charge in [-0.2, -0.15) is 0 Å². The molecule has 1 atom stereocenters. The van der Waals surface area contributed by atoms with Crippen molar-refractivity contribution in [2.24, 2.45) is 5.73 Å². The highest BCUT2D eigenvalue weighted by Crippen LogP contribution is 2.21. The summed E-state index contributed by atoms with van der Waals surface area (Å²) < 4.78 is 4.96. The number of hydrogen-bond acceptors (Lipinski definition) is 3. The first kappa shape index (κ1) is 8.71. The van der Waals surface area contributed by atoms with Crippen LogP contribution in [-0.4, -0.2) is 13.7 Å².